The first-order chi connectivity index (χ1) is 13.5. The number of aromatic nitrogens is 2. The number of aryl methyl sites for hydroxylation is 2. The van der Waals surface area contributed by atoms with Crippen LogP contribution >= 0.6 is 0 Å². The molecule has 0 spiro atoms. The third kappa shape index (κ3) is 5.28. The maximum atomic E-state index is 12.4. The van der Waals surface area contributed by atoms with E-state index < -0.39 is 5.91 Å². The summed E-state index contributed by atoms with van der Waals surface area (Å²) in [5.41, 5.74) is 1.57. The van der Waals surface area contributed by atoms with E-state index in [0.29, 0.717) is 5.69 Å². The van der Waals surface area contributed by atoms with Gasteiger partial charge in [-0.1, -0.05) is 30.5 Å². The van der Waals surface area contributed by atoms with Gasteiger partial charge in [-0.15, -0.1) is 0 Å². The Balaban J connectivity index is 1.63. The summed E-state index contributed by atoms with van der Waals surface area (Å²) in [6, 6.07) is 10.1. The number of hydrogen-bond acceptors (Lipinski definition) is 4. The molecule has 28 heavy (non-hydrogen) atoms. The second kappa shape index (κ2) is 9.30. The fraction of sp³-hybridized carbons (Fsp3) is 0.429. The van der Waals surface area contributed by atoms with Crippen molar-refractivity contribution in [1.29, 1.82) is 0 Å². The molecule has 1 aliphatic rings. The summed E-state index contributed by atoms with van der Waals surface area (Å²) in [6.45, 7) is 3.69. The summed E-state index contributed by atoms with van der Waals surface area (Å²) in [7, 11) is 0. The Morgan fingerprint density at radius 1 is 1.00 bits per heavy atom. The first kappa shape index (κ1) is 19.8. The number of amides is 2. The highest BCUT2D eigenvalue weighted by Crippen LogP contribution is 2.11. The quantitative estimate of drug-likeness (QED) is 0.861. The van der Waals surface area contributed by atoms with Gasteiger partial charge in [0.1, 0.15) is 5.69 Å². The van der Waals surface area contributed by atoms with Gasteiger partial charge in [-0.2, -0.15) is 5.10 Å². The highest BCUT2D eigenvalue weighted by atomic mass is 16.2. The van der Waals surface area contributed by atoms with E-state index in [9.17, 15) is 14.4 Å². The minimum Gasteiger partial charge on any atom is -0.343 e. The lowest BCUT2D eigenvalue weighted by molar-refractivity contribution is -0.131. The van der Waals surface area contributed by atoms with E-state index in [4.69, 9.17) is 0 Å². The lowest BCUT2D eigenvalue weighted by Crippen LogP contribution is -2.34. The van der Waals surface area contributed by atoms with Crippen LogP contribution in [0.1, 0.15) is 48.2 Å². The maximum absolute atomic E-state index is 12.4. The average molecular weight is 382 g/mol. The van der Waals surface area contributed by atoms with E-state index in [2.05, 4.69) is 10.4 Å². The number of nitrogens with zero attached hydrogens (tertiary/aromatic N) is 3. The summed E-state index contributed by atoms with van der Waals surface area (Å²) in [5.74, 6) is -0.360. The van der Waals surface area contributed by atoms with E-state index >= 15 is 0 Å². The first-order valence-corrected chi connectivity index (χ1v) is 9.77. The molecule has 1 aromatic carbocycles. The van der Waals surface area contributed by atoms with Crippen molar-refractivity contribution in [2.45, 2.75) is 45.6 Å². The molecule has 0 aliphatic carbocycles. The lowest BCUT2D eigenvalue weighted by Gasteiger charge is -2.20. The maximum Gasteiger partial charge on any atom is 0.276 e. The molecule has 7 heteroatoms. The minimum atomic E-state index is -0.392. The van der Waals surface area contributed by atoms with Crippen LogP contribution in [-0.2, 0) is 11.3 Å². The number of carbonyl (C=O) groups is 2. The first-order valence-electron chi connectivity index (χ1n) is 9.77. The second-order valence-electron chi connectivity index (χ2n) is 7.15. The average Bonchev–Trinajstić information content (AvgIpc) is 2.98. The van der Waals surface area contributed by atoms with Crippen LogP contribution in [0.2, 0.25) is 0 Å². The Morgan fingerprint density at radius 2 is 1.68 bits per heavy atom. The molecule has 1 saturated heterocycles. The SMILES string of the molecule is Cc1ccc(NC(=O)c2ccc(=O)n(CCC(=O)N3CCCCCC3)n2)cc1. The number of likely N-dealkylation sites (tertiary alicyclic amines) is 1. The summed E-state index contributed by atoms with van der Waals surface area (Å²) in [4.78, 5) is 38.8. The standard InChI is InChI=1S/C21H26N4O3/c1-16-6-8-17(9-7-16)22-21(28)18-10-11-20(27)25(23-18)15-12-19(26)24-13-4-2-3-5-14-24/h6-11H,2-5,12-15H2,1H3,(H,22,28). The monoisotopic (exact) mass is 382 g/mol. The van der Waals surface area contributed by atoms with Crippen molar-refractivity contribution in [1.82, 2.24) is 14.7 Å². The van der Waals surface area contributed by atoms with Crippen LogP contribution in [0.25, 0.3) is 0 Å². The smallest absolute Gasteiger partial charge is 0.276 e. The molecular weight excluding hydrogens is 356 g/mol. The molecule has 1 aromatic heterocycles. The van der Waals surface area contributed by atoms with Gasteiger partial charge in [-0.05, 0) is 38.0 Å². The van der Waals surface area contributed by atoms with E-state index in [1.807, 2.05) is 36.1 Å². The molecule has 0 radical (unpaired) electrons. The molecular formula is C21H26N4O3. The molecule has 7 nitrogen and oxygen atoms in total. The zero-order valence-corrected chi connectivity index (χ0v) is 16.2. The van der Waals surface area contributed by atoms with Gasteiger partial charge in [0.2, 0.25) is 5.91 Å². The largest absolute Gasteiger partial charge is 0.343 e. The fourth-order valence-corrected chi connectivity index (χ4v) is 3.24. The van der Waals surface area contributed by atoms with Gasteiger partial charge in [0.25, 0.3) is 11.5 Å². The van der Waals surface area contributed by atoms with Crippen molar-refractivity contribution in [2.75, 3.05) is 18.4 Å². The predicted octanol–water partition coefficient (Wildman–Crippen LogP) is 2.60. The molecule has 0 atom stereocenters. The number of hydrogen-bond donors (Lipinski definition) is 1. The minimum absolute atomic E-state index is 0.0325. The van der Waals surface area contributed by atoms with E-state index in [-0.39, 0.29) is 30.1 Å². The summed E-state index contributed by atoms with van der Waals surface area (Å²) < 4.78 is 1.19. The number of carbonyl (C=O) groups excluding carboxylic acids is 2. The van der Waals surface area contributed by atoms with E-state index in [1.165, 1.54) is 16.8 Å². The van der Waals surface area contributed by atoms with Crippen LogP contribution in [0.5, 0.6) is 0 Å². The van der Waals surface area contributed by atoms with Crippen molar-refractivity contribution >= 4 is 17.5 Å². The number of benzene rings is 1. The van der Waals surface area contributed by atoms with Gasteiger partial charge in [-0.3, -0.25) is 14.4 Å². The topological polar surface area (TPSA) is 84.3 Å². The summed E-state index contributed by atoms with van der Waals surface area (Å²) >= 11 is 0. The Hall–Kier alpha value is -2.96. The lowest BCUT2D eigenvalue weighted by atomic mass is 10.2. The van der Waals surface area contributed by atoms with Crippen molar-refractivity contribution in [3.63, 3.8) is 0 Å². The van der Waals surface area contributed by atoms with Crippen LogP contribution in [0, 0.1) is 6.92 Å². The Kier molecular flexibility index (Phi) is 6.57. The highest BCUT2D eigenvalue weighted by Gasteiger charge is 2.16. The van der Waals surface area contributed by atoms with Gasteiger partial charge < -0.3 is 10.2 Å². The van der Waals surface area contributed by atoms with Gasteiger partial charge in [0.15, 0.2) is 0 Å². The Labute approximate surface area is 164 Å². The molecule has 0 unspecified atom stereocenters. The van der Waals surface area contributed by atoms with Crippen LogP contribution in [0.15, 0.2) is 41.2 Å². The van der Waals surface area contributed by atoms with Gasteiger partial charge >= 0.3 is 0 Å². The zero-order valence-electron chi connectivity index (χ0n) is 16.2. The van der Waals surface area contributed by atoms with Crippen LogP contribution in [0.3, 0.4) is 0 Å². The zero-order chi connectivity index (χ0) is 19.9. The van der Waals surface area contributed by atoms with Crippen LogP contribution in [-0.4, -0.2) is 39.6 Å². The number of anilines is 1. The van der Waals surface area contributed by atoms with Gasteiger partial charge in [-0.25, -0.2) is 4.68 Å². The number of nitrogens with one attached hydrogen (secondary N) is 1. The van der Waals surface area contributed by atoms with E-state index in [1.54, 1.807) is 0 Å². The van der Waals surface area contributed by atoms with Crippen molar-refractivity contribution < 1.29 is 9.59 Å². The summed E-state index contributed by atoms with van der Waals surface area (Å²) in [5, 5.41) is 6.91. The Morgan fingerprint density at radius 3 is 2.36 bits per heavy atom. The molecule has 148 valence electrons. The van der Waals surface area contributed by atoms with Crippen LogP contribution < -0.4 is 10.9 Å². The number of rotatable bonds is 5. The van der Waals surface area contributed by atoms with Crippen molar-refractivity contribution in [2.24, 2.45) is 0 Å². The fourth-order valence-electron chi connectivity index (χ4n) is 3.24. The van der Waals surface area contributed by atoms with Gasteiger partial charge in [0.05, 0.1) is 6.54 Å². The highest BCUT2D eigenvalue weighted by molar-refractivity contribution is 6.02. The van der Waals surface area contributed by atoms with Gasteiger partial charge in [0, 0.05) is 31.3 Å². The Bertz CT molecular complexity index is 881. The molecule has 3 rings (SSSR count). The molecule has 2 heterocycles. The third-order valence-electron chi connectivity index (χ3n) is 4.90. The third-order valence-corrected chi connectivity index (χ3v) is 4.90. The van der Waals surface area contributed by atoms with Crippen LogP contribution in [0.4, 0.5) is 5.69 Å². The van der Waals surface area contributed by atoms with E-state index in [0.717, 1.165) is 44.3 Å². The molecule has 2 aromatic rings. The second-order valence-corrected chi connectivity index (χ2v) is 7.15. The normalized spacial score (nSPS) is 14.4. The molecule has 1 fully saturated rings. The molecule has 1 aliphatic heterocycles. The molecule has 0 saturated carbocycles. The summed E-state index contributed by atoms with van der Waals surface area (Å²) in [6.07, 6.45) is 4.57. The van der Waals surface area contributed by atoms with Crippen molar-refractivity contribution in [3.05, 3.63) is 58.0 Å². The van der Waals surface area contributed by atoms with Crippen molar-refractivity contribution in [3.8, 4) is 0 Å². The molecule has 1 N–H and O–H groups in total. The molecule has 0 bridgehead atoms. The predicted molar refractivity (Wildman–Crippen MR) is 107 cm³/mol. The molecule has 2 amide bonds.